The Hall–Kier alpha value is -1.75. The summed E-state index contributed by atoms with van der Waals surface area (Å²) in [6.07, 6.45) is 1.67. The second-order valence-corrected chi connectivity index (χ2v) is 4.26. The molecule has 1 aromatic carbocycles. The monoisotopic (exact) mass is 252 g/mol. The number of aromatic hydroxyl groups is 1. The maximum atomic E-state index is 11.8. The number of hydrogen-bond donors (Lipinski definition) is 3. The lowest BCUT2D eigenvalue weighted by atomic mass is 10.1. The van der Waals surface area contributed by atoms with Crippen LogP contribution in [0.5, 0.6) is 11.5 Å². The van der Waals surface area contributed by atoms with Gasteiger partial charge in [-0.05, 0) is 38.0 Å². The molecule has 0 fully saturated rings. The van der Waals surface area contributed by atoms with Crippen molar-refractivity contribution in [3.8, 4) is 11.5 Å². The molecule has 5 heteroatoms. The molecular weight excluding hydrogens is 232 g/mol. The fourth-order valence-corrected chi connectivity index (χ4v) is 1.55. The highest BCUT2D eigenvalue weighted by molar-refractivity contribution is 5.97. The third-order valence-electron chi connectivity index (χ3n) is 2.57. The van der Waals surface area contributed by atoms with Crippen molar-refractivity contribution in [2.45, 2.75) is 25.8 Å². The summed E-state index contributed by atoms with van der Waals surface area (Å²) >= 11 is 0. The molecule has 1 rings (SSSR count). The Morgan fingerprint density at radius 3 is 2.89 bits per heavy atom. The minimum Gasteiger partial charge on any atom is -0.507 e. The fourth-order valence-electron chi connectivity index (χ4n) is 1.55. The van der Waals surface area contributed by atoms with Gasteiger partial charge in [0.1, 0.15) is 11.5 Å². The van der Waals surface area contributed by atoms with Gasteiger partial charge in [0.2, 0.25) is 0 Å². The molecule has 0 saturated carbocycles. The number of nitrogens with two attached hydrogens (primary N) is 1. The summed E-state index contributed by atoms with van der Waals surface area (Å²) in [7, 11) is 1.51. The Labute approximate surface area is 107 Å². The summed E-state index contributed by atoms with van der Waals surface area (Å²) < 4.78 is 5.01. The molecule has 0 heterocycles. The van der Waals surface area contributed by atoms with Crippen LogP contribution in [-0.2, 0) is 0 Å². The zero-order chi connectivity index (χ0) is 13.5. The molecular formula is C13H20N2O3. The number of carbonyl (C=O) groups is 1. The van der Waals surface area contributed by atoms with Crippen LogP contribution in [0.15, 0.2) is 18.2 Å². The number of hydrogen-bond acceptors (Lipinski definition) is 4. The highest BCUT2D eigenvalue weighted by Gasteiger charge is 2.11. The van der Waals surface area contributed by atoms with Crippen LogP contribution >= 0.6 is 0 Å². The number of phenols is 1. The number of benzene rings is 1. The average Bonchev–Trinajstić information content (AvgIpc) is 2.34. The maximum Gasteiger partial charge on any atom is 0.255 e. The summed E-state index contributed by atoms with van der Waals surface area (Å²) in [6, 6.07) is 4.68. The van der Waals surface area contributed by atoms with Gasteiger partial charge in [-0.25, -0.2) is 0 Å². The number of amides is 1. The van der Waals surface area contributed by atoms with E-state index in [0.29, 0.717) is 12.3 Å². The number of carbonyl (C=O) groups excluding carboxylic acids is 1. The molecule has 1 unspecified atom stereocenters. The van der Waals surface area contributed by atoms with Crippen molar-refractivity contribution in [3.05, 3.63) is 23.8 Å². The predicted octanol–water partition coefficient (Wildman–Crippen LogP) is 1.26. The minimum absolute atomic E-state index is 0.0551. The van der Waals surface area contributed by atoms with Crippen LogP contribution in [0.2, 0.25) is 0 Å². The van der Waals surface area contributed by atoms with Crippen LogP contribution in [0.3, 0.4) is 0 Å². The van der Waals surface area contributed by atoms with Gasteiger partial charge in [0.15, 0.2) is 0 Å². The molecule has 0 bridgehead atoms. The second-order valence-electron chi connectivity index (χ2n) is 4.26. The highest BCUT2D eigenvalue weighted by Crippen LogP contribution is 2.22. The Balaban J connectivity index is 2.55. The standard InChI is InChI=1S/C13H20N2O3/c1-9(14)4-3-7-15-13(17)11-8-10(18-2)5-6-12(11)16/h5-6,8-9,16H,3-4,7,14H2,1-2H3,(H,15,17). The van der Waals surface area contributed by atoms with Gasteiger partial charge in [-0.3, -0.25) is 4.79 Å². The van der Waals surface area contributed by atoms with E-state index in [0.717, 1.165) is 12.8 Å². The molecule has 0 spiro atoms. The molecule has 0 saturated heterocycles. The van der Waals surface area contributed by atoms with Gasteiger partial charge < -0.3 is 20.9 Å². The lowest BCUT2D eigenvalue weighted by Crippen LogP contribution is -2.26. The quantitative estimate of drug-likeness (QED) is 0.665. The van der Waals surface area contributed by atoms with Gasteiger partial charge in [0, 0.05) is 12.6 Å². The van der Waals surface area contributed by atoms with Crippen LogP contribution in [0.4, 0.5) is 0 Å². The molecule has 1 amide bonds. The molecule has 0 radical (unpaired) electrons. The van der Waals surface area contributed by atoms with Gasteiger partial charge in [0.25, 0.3) is 5.91 Å². The van der Waals surface area contributed by atoms with E-state index < -0.39 is 0 Å². The normalized spacial score (nSPS) is 11.9. The largest absolute Gasteiger partial charge is 0.507 e. The van der Waals surface area contributed by atoms with E-state index in [1.165, 1.54) is 19.2 Å². The Morgan fingerprint density at radius 2 is 2.28 bits per heavy atom. The van der Waals surface area contributed by atoms with E-state index in [-0.39, 0.29) is 23.3 Å². The Kier molecular flexibility index (Phi) is 5.45. The Morgan fingerprint density at radius 1 is 1.56 bits per heavy atom. The molecule has 5 nitrogen and oxygen atoms in total. The van der Waals surface area contributed by atoms with Crippen molar-refractivity contribution in [1.82, 2.24) is 5.32 Å². The average molecular weight is 252 g/mol. The number of rotatable bonds is 6. The summed E-state index contributed by atoms with van der Waals surface area (Å²) in [5, 5.41) is 12.3. The first kappa shape index (κ1) is 14.3. The van der Waals surface area contributed by atoms with Crippen molar-refractivity contribution in [2.24, 2.45) is 5.73 Å². The van der Waals surface area contributed by atoms with Gasteiger partial charge in [-0.15, -0.1) is 0 Å². The van der Waals surface area contributed by atoms with Gasteiger partial charge in [-0.1, -0.05) is 0 Å². The summed E-state index contributed by atoms with van der Waals surface area (Å²) in [4.78, 5) is 11.8. The van der Waals surface area contributed by atoms with Gasteiger partial charge in [0.05, 0.1) is 12.7 Å². The van der Waals surface area contributed by atoms with Crippen molar-refractivity contribution >= 4 is 5.91 Å². The summed E-state index contributed by atoms with van der Waals surface area (Å²) in [6.45, 7) is 2.47. The second kappa shape index (κ2) is 6.86. The van der Waals surface area contributed by atoms with Crippen LogP contribution in [0, 0.1) is 0 Å². The SMILES string of the molecule is COc1ccc(O)c(C(=O)NCCCC(C)N)c1. The number of methoxy groups -OCH3 is 1. The van der Waals surface area contributed by atoms with Crippen LogP contribution < -0.4 is 15.8 Å². The number of nitrogens with one attached hydrogen (secondary N) is 1. The molecule has 1 aromatic rings. The molecule has 100 valence electrons. The smallest absolute Gasteiger partial charge is 0.255 e. The summed E-state index contributed by atoms with van der Waals surface area (Å²) in [5.74, 6) is 0.171. The Bertz CT molecular complexity index is 405. The van der Waals surface area contributed by atoms with E-state index in [1.807, 2.05) is 6.92 Å². The zero-order valence-corrected chi connectivity index (χ0v) is 10.8. The molecule has 18 heavy (non-hydrogen) atoms. The van der Waals surface area contributed by atoms with Crippen LogP contribution in [0.25, 0.3) is 0 Å². The van der Waals surface area contributed by atoms with E-state index in [4.69, 9.17) is 10.5 Å². The van der Waals surface area contributed by atoms with E-state index in [1.54, 1.807) is 6.07 Å². The molecule has 1 atom stereocenters. The lowest BCUT2D eigenvalue weighted by molar-refractivity contribution is 0.0949. The topological polar surface area (TPSA) is 84.6 Å². The fraction of sp³-hybridized carbons (Fsp3) is 0.462. The van der Waals surface area contributed by atoms with Crippen LogP contribution in [-0.4, -0.2) is 30.7 Å². The van der Waals surface area contributed by atoms with Crippen molar-refractivity contribution < 1.29 is 14.6 Å². The first-order valence-corrected chi connectivity index (χ1v) is 5.95. The molecule has 0 aromatic heterocycles. The maximum absolute atomic E-state index is 11.8. The van der Waals surface area contributed by atoms with Gasteiger partial charge in [-0.2, -0.15) is 0 Å². The van der Waals surface area contributed by atoms with Crippen molar-refractivity contribution in [1.29, 1.82) is 0 Å². The molecule has 4 N–H and O–H groups in total. The minimum atomic E-state index is -0.309. The number of ether oxygens (including phenoxy) is 1. The lowest BCUT2D eigenvalue weighted by Gasteiger charge is -2.09. The van der Waals surface area contributed by atoms with Gasteiger partial charge >= 0.3 is 0 Å². The summed E-state index contributed by atoms with van der Waals surface area (Å²) in [5.41, 5.74) is 5.83. The zero-order valence-electron chi connectivity index (χ0n) is 10.8. The van der Waals surface area contributed by atoms with Crippen LogP contribution in [0.1, 0.15) is 30.1 Å². The van der Waals surface area contributed by atoms with E-state index >= 15 is 0 Å². The van der Waals surface area contributed by atoms with E-state index in [2.05, 4.69) is 5.32 Å². The van der Waals surface area contributed by atoms with Crippen molar-refractivity contribution in [3.63, 3.8) is 0 Å². The molecule has 0 aliphatic carbocycles. The molecule has 0 aliphatic rings. The number of phenolic OH excluding ortho intramolecular Hbond substituents is 1. The molecule has 0 aliphatic heterocycles. The first-order valence-electron chi connectivity index (χ1n) is 5.95. The van der Waals surface area contributed by atoms with Crippen molar-refractivity contribution in [2.75, 3.05) is 13.7 Å². The van der Waals surface area contributed by atoms with E-state index in [9.17, 15) is 9.90 Å². The third kappa shape index (κ3) is 4.25. The predicted molar refractivity (Wildman–Crippen MR) is 69.9 cm³/mol. The first-order chi connectivity index (χ1) is 8.54. The third-order valence-corrected chi connectivity index (χ3v) is 2.57. The highest BCUT2D eigenvalue weighted by atomic mass is 16.5.